The van der Waals surface area contributed by atoms with Crippen LogP contribution in [0.3, 0.4) is 0 Å². The molecule has 1 heterocycles. The molecule has 1 aliphatic heterocycles. The van der Waals surface area contributed by atoms with Crippen molar-refractivity contribution < 1.29 is 5.11 Å². The van der Waals surface area contributed by atoms with Crippen molar-refractivity contribution in [3.8, 4) is 5.75 Å². The number of hydrogen-bond acceptors (Lipinski definition) is 3. The highest BCUT2D eigenvalue weighted by molar-refractivity contribution is 9.10. The molecule has 1 aliphatic rings. The third kappa shape index (κ3) is 3.94. The van der Waals surface area contributed by atoms with Gasteiger partial charge in [0.1, 0.15) is 5.75 Å². The maximum Gasteiger partial charge on any atom is 0.123 e. The molecule has 1 N–H and O–H groups in total. The normalized spacial score (nSPS) is 17.8. The summed E-state index contributed by atoms with van der Waals surface area (Å²) in [4.78, 5) is 4.94. The molecule has 2 rings (SSSR count). The summed E-state index contributed by atoms with van der Waals surface area (Å²) >= 11 is 3.50. The first kappa shape index (κ1) is 14.8. The highest BCUT2D eigenvalue weighted by atomic mass is 79.9. The van der Waals surface area contributed by atoms with Crippen LogP contribution >= 0.6 is 15.9 Å². The van der Waals surface area contributed by atoms with E-state index < -0.39 is 0 Å². The SMILES string of the molecule is CCCN1CCN(Cc2cc(Br)cc(C)c2O)CC1. The lowest BCUT2D eigenvalue weighted by Gasteiger charge is -2.34. The van der Waals surface area contributed by atoms with Gasteiger partial charge in [-0.1, -0.05) is 22.9 Å². The minimum absolute atomic E-state index is 0.444. The van der Waals surface area contributed by atoms with Gasteiger partial charge in [0.15, 0.2) is 0 Å². The van der Waals surface area contributed by atoms with Crippen LogP contribution in [-0.4, -0.2) is 47.6 Å². The van der Waals surface area contributed by atoms with Gasteiger partial charge in [-0.15, -0.1) is 0 Å². The van der Waals surface area contributed by atoms with Crippen LogP contribution in [0, 0.1) is 6.92 Å². The Hall–Kier alpha value is -0.580. The molecule has 0 unspecified atom stereocenters. The lowest BCUT2D eigenvalue weighted by molar-refractivity contribution is 0.126. The molecule has 1 fully saturated rings. The predicted octanol–water partition coefficient (Wildman–Crippen LogP) is 2.99. The van der Waals surface area contributed by atoms with E-state index in [2.05, 4.69) is 32.7 Å². The first-order chi connectivity index (χ1) is 9.10. The Morgan fingerprint density at radius 1 is 1.16 bits per heavy atom. The molecule has 0 saturated carbocycles. The van der Waals surface area contributed by atoms with Crippen molar-refractivity contribution in [2.45, 2.75) is 26.8 Å². The van der Waals surface area contributed by atoms with Crippen LogP contribution in [0.2, 0.25) is 0 Å². The summed E-state index contributed by atoms with van der Waals surface area (Å²) in [5.74, 6) is 0.444. The molecule has 0 aromatic heterocycles. The van der Waals surface area contributed by atoms with Gasteiger partial charge >= 0.3 is 0 Å². The van der Waals surface area contributed by atoms with Crippen molar-refractivity contribution in [2.24, 2.45) is 0 Å². The number of hydrogen-bond donors (Lipinski definition) is 1. The number of aromatic hydroxyl groups is 1. The number of halogens is 1. The number of benzene rings is 1. The Morgan fingerprint density at radius 3 is 2.42 bits per heavy atom. The predicted molar refractivity (Wildman–Crippen MR) is 82.6 cm³/mol. The highest BCUT2D eigenvalue weighted by Crippen LogP contribution is 2.28. The molecule has 3 nitrogen and oxygen atoms in total. The molecule has 1 aromatic carbocycles. The standard InChI is InChI=1S/C15H23BrN2O/c1-3-4-17-5-7-18(8-6-17)11-13-10-14(16)9-12(2)15(13)19/h9-10,19H,3-8,11H2,1-2H3. The molecule has 0 amide bonds. The van der Waals surface area contributed by atoms with Crippen molar-refractivity contribution in [3.05, 3.63) is 27.7 Å². The van der Waals surface area contributed by atoms with Crippen LogP contribution in [0.1, 0.15) is 24.5 Å². The molecule has 0 radical (unpaired) electrons. The van der Waals surface area contributed by atoms with Gasteiger partial charge in [0.25, 0.3) is 0 Å². The van der Waals surface area contributed by atoms with Crippen LogP contribution in [0.25, 0.3) is 0 Å². The zero-order valence-electron chi connectivity index (χ0n) is 11.8. The molecular weight excluding hydrogens is 304 g/mol. The molecular formula is C15H23BrN2O. The van der Waals surface area contributed by atoms with Gasteiger partial charge in [-0.05, 0) is 37.6 Å². The second-order valence-corrected chi connectivity index (χ2v) is 6.26. The lowest BCUT2D eigenvalue weighted by atomic mass is 10.1. The molecule has 1 saturated heterocycles. The average Bonchev–Trinajstić information content (AvgIpc) is 2.38. The first-order valence-corrected chi connectivity index (χ1v) is 7.82. The zero-order valence-corrected chi connectivity index (χ0v) is 13.4. The molecule has 4 heteroatoms. The van der Waals surface area contributed by atoms with Gasteiger partial charge < -0.3 is 10.0 Å². The van der Waals surface area contributed by atoms with Crippen molar-refractivity contribution in [3.63, 3.8) is 0 Å². The van der Waals surface area contributed by atoms with Crippen molar-refractivity contribution in [1.29, 1.82) is 0 Å². The summed E-state index contributed by atoms with van der Waals surface area (Å²) < 4.78 is 1.04. The molecule has 0 atom stereocenters. The van der Waals surface area contributed by atoms with Crippen LogP contribution in [0.4, 0.5) is 0 Å². The largest absolute Gasteiger partial charge is 0.507 e. The number of nitrogens with zero attached hydrogens (tertiary/aromatic N) is 2. The lowest BCUT2D eigenvalue weighted by Crippen LogP contribution is -2.45. The number of piperazine rings is 1. The van der Waals surface area contributed by atoms with Gasteiger partial charge in [-0.3, -0.25) is 4.90 Å². The fraction of sp³-hybridized carbons (Fsp3) is 0.600. The number of phenolic OH excluding ortho intramolecular Hbond substituents is 1. The van der Waals surface area contributed by atoms with Gasteiger partial charge in [0.2, 0.25) is 0 Å². The van der Waals surface area contributed by atoms with E-state index in [0.29, 0.717) is 5.75 Å². The van der Waals surface area contributed by atoms with E-state index in [0.717, 1.165) is 48.3 Å². The number of phenols is 1. The van der Waals surface area contributed by atoms with Gasteiger partial charge in [0.05, 0.1) is 0 Å². The Morgan fingerprint density at radius 2 is 1.79 bits per heavy atom. The molecule has 19 heavy (non-hydrogen) atoms. The van der Waals surface area contributed by atoms with E-state index in [1.54, 1.807) is 0 Å². The smallest absolute Gasteiger partial charge is 0.123 e. The second kappa shape index (κ2) is 6.73. The Balaban J connectivity index is 1.96. The van der Waals surface area contributed by atoms with Crippen molar-refractivity contribution >= 4 is 15.9 Å². The number of rotatable bonds is 4. The highest BCUT2D eigenvalue weighted by Gasteiger charge is 2.17. The third-order valence-electron chi connectivity index (χ3n) is 3.74. The first-order valence-electron chi connectivity index (χ1n) is 7.03. The maximum atomic E-state index is 10.1. The van der Waals surface area contributed by atoms with Gasteiger partial charge in [-0.25, -0.2) is 0 Å². The Kier molecular flexibility index (Phi) is 5.25. The Labute approximate surface area is 124 Å². The third-order valence-corrected chi connectivity index (χ3v) is 4.20. The van der Waals surface area contributed by atoms with E-state index >= 15 is 0 Å². The minimum atomic E-state index is 0.444. The van der Waals surface area contributed by atoms with E-state index in [1.807, 2.05) is 19.1 Å². The van der Waals surface area contributed by atoms with Crippen LogP contribution in [-0.2, 0) is 6.54 Å². The van der Waals surface area contributed by atoms with Crippen molar-refractivity contribution in [2.75, 3.05) is 32.7 Å². The fourth-order valence-corrected chi connectivity index (χ4v) is 3.27. The summed E-state index contributed by atoms with van der Waals surface area (Å²) in [6.45, 7) is 10.7. The monoisotopic (exact) mass is 326 g/mol. The molecule has 0 bridgehead atoms. The van der Waals surface area contributed by atoms with Crippen LogP contribution < -0.4 is 0 Å². The van der Waals surface area contributed by atoms with Gasteiger partial charge in [-0.2, -0.15) is 0 Å². The summed E-state index contributed by atoms with van der Waals surface area (Å²) in [5, 5.41) is 10.1. The minimum Gasteiger partial charge on any atom is -0.507 e. The zero-order chi connectivity index (χ0) is 13.8. The topological polar surface area (TPSA) is 26.7 Å². The van der Waals surface area contributed by atoms with E-state index in [-0.39, 0.29) is 0 Å². The fourth-order valence-electron chi connectivity index (χ4n) is 2.65. The molecule has 106 valence electrons. The molecule has 0 spiro atoms. The van der Waals surface area contributed by atoms with Crippen LogP contribution in [0.5, 0.6) is 5.75 Å². The molecule has 1 aromatic rings. The summed E-state index contributed by atoms with van der Waals surface area (Å²) in [5.41, 5.74) is 1.96. The number of aryl methyl sites for hydroxylation is 1. The van der Waals surface area contributed by atoms with Crippen molar-refractivity contribution in [1.82, 2.24) is 9.80 Å². The van der Waals surface area contributed by atoms with E-state index in [4.69, 9.17) is 0 Å². The molecule has 0 aliphatic carbocycles. The van der Waals surface area contributed by atoms with Crippen LogP contribution in [0.15, 0.2) is 16.6 Å². The quantitative estimate of drug-likeness (QED) is 0.921. The Bertz CT molecular complexity index is 428. The summed E-state index contributed by atoms with van der Waals surface area (Å²) in [6.07, 6.45) is 1.23. The average molecular weight is 327 g/mol. The van der Waals surface area contributed by atoms with E-state index in [9.17, 15) is 5.11 Å². The summed E-state index contributed by atoms with van der Waals surface area (Å²) in [6, 6.07) is 3.98. The van der Waals surface area contributed by atoms with Gasteiger partial charge in [0, 0.05) is 42.8 Å². The maximum absolute atomic E-state index is 10.1. The summed E-state index contributed by atoms with van der Waals surface area (Å²) in [7, 11) is 0. The van der Waals surface area contributed by atoms with E-state index in [1.165, 1.54) is 13.0 Å². The second-order valence-electron chi connectivity index (χ2n) is 5.35.